The van der Waals surface area contributed by atoms with Crippen molar-refractivity contribution in [1.82, 2.24) is 33.6 Å². The zero-order chi connectivity index (χ0) is 20.4. The summed E-state index contributed by atoms with van der Waals surface area (Å²) in [5.74, 6) is 1.04. The highest BCUT2D eigenvalue weighted by molar-refractivity contribution is 5.73. The van der Waals surface area contributed by atoms with Gasteiger partial charge in [0.1, 0.15) is 5.52 Å². The number of aryl methyl sites for hydroxylation is 2. The fourth-order valence-corrected chi connectivity index (χ4v) is 4.48. The van der Waals surface area contributed by atoms with Gasteiger partial charge in [-0.05, 0) is 19.8 Å². The Kier molecular flexibility index (Phi) is 3.63. The van der Waals surface area contributed by atoms with Crippen LogP contribution in [-0.2, 0) is 11.8 Å². The molecule has 154 valence electrons. The van der Waals surface area contributed by atoms with Crippen LogP contribution in [0.25, 0.3) is 16.9 Å². The molecule has 0 spiro atoms. The molecule has 6 rings (SSSR count). The molecule has 4 aromatic heterocycles. The van der Waals surface area contributed by atoms with E-state index in [4.69, 9.17) is 9.72 Å². The van der Waals surface area contributed by atoms with Crippen molar-refractivity contribution in [3.8, 4) is 0 Å². The molecule has 1 N–H and O–H groups in total. The Balaban J connectivity index is 1.45. The number of nitrogens with zero attached hydrogens (tertiary/aromatic N) is 8. The van der Waals surface area contributed by atoms with Gasteiger partial charge in [0.05, 0.1) is 42.9 Å². The fraction of sp³-hybridized carbons (Fsp3) is 0.421. The lowest BCUT2D eigenvalue weighted by atomic mass is 10.2. The molecule has 6 heterocycles. The summed E-state index contributed by atoms with van der Waals surface area (Å²) >= 11 is 0. The summed E-state index contributed by atoms with van der Waals surface area (Å²) in [6.07, 6.45) is 9.15. The van der Waals surface area contributed by atoms with Crippen LogP contribution in [0.2, 0.25) is 0 Å². The third-order valence-corrected chi connectivity index (χ3v) is 6.03. The highest BCUT2D eigenvalue weighted by atomic mass is 16.5. The topological polar surface area (TPSA) is 107 Å². The van der Waals surface area contributed by atoms with E-state index in [1.54, 1.807) is 28.7 Å². The van der Waals surface area contributed by atoms with Crippen LogP contribution in [0.15, 0.2) is 29.6 Å². The molecule has 0 saturated carbocycles. The number of fused-ring (bicyclic) bond motifs is 4. The summed E-state index contributed by atoms with van der Waals surface area (Å²) < 4.78 is 10.8. The summed E-state index contributed by atoms with van der Waals surface area (Å²) in [4.78, 5) is 30.9. The van der Waals surface area contributed by atoms with Gasteiger partial charge in [0.25, 0.3) is 0 Å². The molecule has 2 fully saturated rings. The number of anilines is 2. The van der Waals surface area contributed by atoms with E-state index in [2.05, 4.69) is 25.3 Å². The molecule has 11 nitrogen and oxygen atoms in total. The molecule has 2 atom stereocenters. The first-order chi connectivity index (χ1) is 14.6. The minimum atomic E-state index is -0.118. The zero-order valence-corrected chi connectivity index (χ0v) is 16.7. The molecule has 0 amide bonds. The van der Waals surface area contributed by atoms with Crippen molar-refractivity contribution in [3.63, 3.8) is 0 Å². The lowest BCUT2D eigenvalue weighted by Crippen LogP contribution is -2.55. The second-order valence-corrected chi connectivity index (χ2v) is 7.86. The molecular formula is C19H21N9O2. The van der Waals surface area contributed by atoms with Crippen molar-refractivity contribution in [2.45, 2.75) is 31.8 Å². The first-order valence-corrected chi connectivity index (χ1v) is 9.98. The van der Waals surface area contributed by atoms with Gasteiger partial charge in [-0.15, -0.1) is 0 Å². The molecular weight excluding hydrogens is 386 g/mol. The summed E-state index contributed by atoms with van der Waals surface area (Å²) in [5.41, 5.74) is 2.72. The quantitative estimate of drug-likeness (QED) is 0.530. The van der Waals surface area contributed by atoms with Crippen molar-refractivity contribution >= 4 is 28.6 Å². The molecule has 11 heteroatoms. The molecule has 2 aliphatic rings. The van der Waals surface area contributed by atoms with Crippen molar-refractivity contribution in [1.29, 1.82) is 0 Å². The van der Waals surface area contributed by atoms with Gasteiger partial charge in [0.15, 0.2) is 5.65 Å². The molecule has 0 aliphatic carbocycles. The molecule has 0 radical (unpaired) electrons. The maximum absolute atomic E-state index is 13.1. The van der Waals surface area contributed by atoms with Crippen LogP contribution in [0, 0.1) is 6.92 Å². The van der Waals surface area contributed by atoms with Crippen molar-refractivity contribution in [2.75, 3.05) is 23.5 Å². The number of imidazole rings is 2. The number of hydrogen-bond donors (Lipinski definition) is 1. The van der Waals surface area contributed by atoms with E-state index in [9.17, 15) is 4.79 Å². The maximum Gasteiger partial charge on any atom is 0.349 e. The lowest BCUT2D eigenvalue weighted by Gasteiger charge is -2.36. The van der Waals surface area contributed by atoms with Gasteiger partial charge >= 0.3 is 5.69 Å². The normalized spacial score (nSPS) is 21.1. The number of ether oxygens (including phenoxy) is 1. The monoisotopic (exact) mass is 407 g/mol. The highest BCUT2D eigenvalue weighted by Gasteiger charge is 2.40. The maximum atomic E-state index is 13.1. The highest BCUT2D eigenvalue weighted by Crippen LogP contribution is 2.28. The SMILES string of the molecule is Cc1nc2nccn2cc1Nc1ncc2c(n1)n(N1C3CCC1COC3)c(=O)n2C. The minimum absolute atomic E-state index is 0.118. The van der Waals surface area contributed by atoms with Gasteiger partial charge in [0, 0.05) is 25.6 Å². The van der Waals surface area contributed by atoms with Gasteiger partial charge < -0.3 is 10.1 Å². The Morgan fingerprint density at radius 2 is 1.97 bits per heavy atom. The zero-order valence-electron chi connectivity index (χ0n) is 16.7. The van der Waals surface area contributed by atoms with Crippen LogP contribution < -0.4 is 16.0 Å². The van der Waals surface area contributed by atoms with E-state index in [1.807, 2.05) is 23.7 Å². The van der Waals surface area contributed by atoms with Crippen LogP contribution in [-0.4, -0.2) is 58.9 Å². The Morgan fingerprint density at radius 1 is 1.17 bits per heavy atom. The Morgan fingerprint density at radius 3 is 2.77 bits per heavy atom. The van der Waals surface area contributed by atoms with E-state index in [-0.39, 0.29) is 17.8 Å². The van der Waals surface area contributed by atoms with Crippen molar-refractivity contribution < 1.29 is 4.74 Å². The van der Waals surface area contributed by atoms with Gasteiger partial charge in [-0.3, -0.25) is 14.0 Å². The average molecular weight is 407 g/mol. The van der Waals surface area contributed by atoms with Crippen LogP contribution in [0.3, 0.4) is 0 Å². The number of morpholine rings is 1. The van der Waals surface area contributed by atoms with E-state index in [0.717, 1.165) is 24.2 Å². The summed E-state index contributed by atoms with van der Waals surface area (Å²) in [5, 5.41) is 5.39. The van der Waals surface area contributed by atoms with Gasteiger partial charge in [-0.1, -0.05) is 0 Å². The summed E-state index contributed by atoms with van der Waals surface area (Å²) in [7, 11) is 1.75. The van der Waals surface area contributed by atoms with E-state index < -0.39 is 0 Å². The molecule has 4 aromatic rings. The molecule has 0 aromatic carbocycles. The third kappa shape index (κ3) is 2.45. The van der Waals surface area contributed by atoms with E-state index in [1.165, 1.54) is 0 Å². The fourth-order valence-electron chi connectivity index (χ4n) is 4.48. The van der Waals surface area contributed by atoms with Gasteiger partial charge in [0.2, 0.25) is 11.7 Å². The molecule has 2 unspecified atom stereocenters. The summed E-state index contributed by atoms with van der Waals surface area (Å²) in [6, 6.07) is 0.377. The minimum Gasteiger partial charge on any atom is -0.377 e. The van der Waals surface area contributed by atoms with Crippen molar-refractivity contribution in [3.05, 3.63) is 41.0 Å². The van der Waals surface area contributed by atoms with E-state index in [0.29, 0.717) is 36.1 Å². The van der Waals surface area contributed by atoms with Crippen molar-refractivity contribution in [2.24, 2.45) is 7.05 Å². The second-order valence-electron chi connectivity index (χ2n) is 7.86. The lowest BCUT2D eigenvalue weighted by molar-refractivity contribution is 0.0761. The number of rotatable bonds is 3. The number of hydrogen-bond acceptors (Lipinski definition) is 8. The summed E-state index contributed by atoms with van der Waals surface area (Å²) in [6.45, 7) is 3.16. The first-order valence-electron chi connectivity index (χ1n) is 9.98. The Labute approximate surface area is 170 Å². The Bertz CT molecular complexity index is 1320. The average Bonchev–Trinajstić information content (AvgIpc) is 3.35. The largest absolute Gasteiger partial charge is 0.377 e. The van der Waals surface area contributed by atoms with Crippen LogP contribution in [0.5, 0.6) is 0 Å². The second kappa shape index (κ2) is 6.26. The standard InChI is InChI=1S/C19H21N9O2/c1-11-14(8-26-6-5-20-18(26)22-11)23-17-21-7-15-16(24-17)28(19(29)25(15)2)27-12-3-4-13(27)10-30-9-12/h5-8,12-13H,3-4,9-10H2,1-2H3,(H,21,23,24). The molecule has 2 bridgehead atoms. The van der Waals surface area contributed by atoms with E-state index >= 15 is 0 Å². The van der Waals surface area contributed by atoms with Crippen LogP contribution in [0.1, 0.15) is 18.5 Å². The molecule has 2 saturated heterocycles. The van der Waals surface area contributed by atoms with Gasteiger partial charge in [-0.2, -0.15) is 9.66 Å². The number of nitrogens with one attached hydrogen (secondary N) is 1. The smallest absolute Gasteiger partial charge is 0.349 e. The predicted octanol–water partition coefficient (Wildman–Crippen LogP) is 0.724. The Hall–Kier alpha value is -3.47. The predicted molar refractivity (Wildman–Crippen MR) is 110 cm³/mol. The van der Waals surface area contributed by atoms with Gasteiger partial charge in [-0.25, -0.2) is 19.7 Å². The molecule has 30 heavy (non-hydrogen) atoms. The van der Waals surface area contributed by atoms with Crippen LogP contribution in [0.4, 0.5) is 11.6 Å². The first kappa shape index (κ1) is 17.4. The number of aromatic nitrogens is 7. The third-order valence-electron chi connectivity index (χ3n) is 6.03. The van der Waals surface area contributed by atoms with Crippen LogP contribution >= 0.6 is 0 Å². The molecule has 2 aliphatic heterocycles.